The predicted molar refractivity (Wildman–Crippen MR) is 113 cm³/mol. The van der Waals surface area contributed by atoms with Crippen molar-refractivity contribution < 1.29 is 4.42 Å². The number of halogens is 1. The lowest BCUT2D eigenvalue weighted by Gasteiger charge is -2.04. The van der Waals surface area contributed by atoms with Crippen LogP contribution in [0.15, 0.2) is 71.1 Å². The molecule has 0 aliphatic rings. The van der Waals surface area contributed by atoms with Crippen LogP contribution >= 0.6 is 22.9 Å². The summed E-state index contributed by atoms with van der Waals surface area (Å²) in [5.74, 6) is 0. The van der Waals surface area contributed by atoms with Gasteiger partial charge in [0.25, 0.3) is 0 Å². The molecule has 0 radical (unpaired) electrons. The van der Waals surface area contributed by atoms with Crippen LogP contribution < -0.4 is 0 Å². The summed E-state index contributed by atoms with van der Waals surface area (Å²) in [6.45, 7) is 0. The summed E-state index contributed by atoms with van der Waals surface area (Å²) >= 11 is 8.01. The summed E-state index contributed by atoms with van der Waals surface area (Å²) in [4.78, 5) is 8.85. The quantitative estimate of drug-likeness (QED) is 0.284. The summed E-state index contributed by atoms with van der Waals surface area (Å²) in [5.41, 5.74) is 3.10. The molecule has 0 atom stereocenters. The number of nitrogens with zero attached hydrogens (tertiary/aromatic N) is 2. The van der Waals surface area contributed by atoms with Crippen LogP contribution in [0, 0.1) is 0 Å². The Hall–Kier alpha value is -2.95. The molecule has 128 valence electrons. The van der Waals surface area contributed by atoms with Crippen LogP contribution in [0.4, 0.5) is 0 Å². The largest absolute Gasteiger partial charge is 0.438 e. The number of rotatable bonds is 1. The molecule has 3 aromatic heterocycles. The normalized spacial score (nSPS) is 11.9. The molecule has 0 saturated heterocycles. The molecule has 0 N–H and O–H groups in total. The van der Waals surface area contributed by atoms with Crippen LogP contribution in [0.2, 0.25) is 5.28 Å². The van der Waals surface area contributed by atoms with Gasteiger partial charge in [-0.25, -0.2) is 4.98 Å². The standard InChI is InChI=1S/C22H11ClN2OS/c23-22-24-20(19-14-6-1-3-7-16(14)26-21(19)25-22)12-9-10-18-15(11-12)13-5-2-4-8-17(13)27-18/h1-11H. The molecule has 6 aromatic rings. The van der Waals surface area contributed by atoms with Gasteiger partial charge in [0.1, 0.15) is 5.58 Å². The highest BCUT2D eigenvalue weighted by Gasteiger charge is 2.17. The van der Waals surface area contributed by atoms with Gasteiger partial charge in [-0.1, -0.05) is 42.5 Å². The Bertz CT molecular complexity index is 1500. The average Bonchev–Trinajstić information content (AvgIpc) is 3.24. The highest BCUT2D eigenvalue weighted by molar-refractivity contribution is 7.25. The summed E-state index contributed by atoms with van der Waals surface area (Å²) in [5, 5.41) is 4.56. The summed E-state index contributed by atoms with van der Waals surface area (Å²) in [6, 6.07) is 22.8. The van der Waals surface area contributed by atoms with E-state index in [4.69, 9.17) is 16.0 Å². The fraction of sp³-hybridized carbons (Fsp3) is 0. The first kappa shape index (κ1) is 15.1. The first-order valence-corrected chi connectivity index (χ1v) is 9.74. The van der Waals surface area contributed by atoms with E-state index < -0.39 is 0 Å². The lowest BCUT2D eigenvalue weighted by atomic mass is 10.0. The average molecular weight is 387 g/mol. The Morgan fingerprint density at radius 1 is 0.778 bits per heavy atom. The van der Waals surface area contributed by atoms with Gasteiger partial charge in [0.15, 0.2) is 0 Å². The molecule has 3 heterocycles. The summed E-state index contributed by atoms with van der Waals surface area (Å²) < 4.78 is 8.44. The highest BCUT2D eigenvalue weighted by atomic mass is 35.5. The number of hydrogen-bond donors (Lipinski definition) is 0. The highest BCUT2D eigenvalue weighted by Crippen LogP contribution is 2.39. The Labute approximate surface area is 162 Å². The fourth-order valence-corrected chi connectivity index (χ4v) is 4.93. The van der Waals surface area contributed by atoms with Gasteiger partial charge in [-0.3, -0.25) is 0 Å². The van der Waals surface area contributed by atoms with E-state index in [0.717, 1.165) is 27.6 Å². The molecule has 0 aliphatic heterocycles. The second kappa shape index (κ2) is 5.52. The van der Waals surface area contributed by atoms with Crippen molar-refractivity contribution in [3.8, 4) is 11.3 Å². The van der Waals surface area contributed by atoms with Crippen molar-refractivity contribution in [2.24, 2.45) is 0 Å². The van der Waals surface area contributed by atoms with Gasteiger partial charge >= 0.3 is 0 Å². The molecule has 0 aliphatic carbocycles. The van der Waals surface area contributed by atoms with E-state index >= 15 is 0 Å². The van der Waals surface area contributed by atoms with E-state index in [2.05, 4.69) is 52.4 Å². The predicted octanol–water partition coefficient (Wildman–Crippen LogP) is 7.06. The molecule has 6 rings (SSSR count). The smallest absolute Gasteiger partial charge is 0.232 e. The fourth-order valence-electron chi connectivity index (χ4n) is 3.68. The van der Waals surface area contributed by atoms with Crippen molar-refractivity contribution >= 4 is 65.2 Å². The number of fused-ring (bicyclic) bond motifs is 6. The third-order valence-corrected chi connectivity index (χ3v) is 6.18. The van der Waals surface area contributed by atoms with Crippen LogP contribution in [0.3, 0.4) is 0 Å². The van der Waals surface area contributed by atoms with Crippen molar-refractivity contribution in [3.05, 3.63) is 72.0 Å². The maximum Gasteiger partial charge on any atom is 0.232 e. The second-order valence-electron chi connectivity index (χ2n) is 6.43. The van der Waals surface area contributed by atoms with Crippen molar-refractivity contribution in [3.63, 3.8) is 0 Å². The minimum absolute atomic E-state index is 0.187. The SMILES string of the molecule is Clc1nc(-c2ccc3sc4ccccc4c3c2)c2c(n1)oc1ccccc12. The molecule has 3 nitrogen and oxygen atoms in total. The molecular formula is C22H11ClN2OS. The van der Waals surface area contributed by atoms with Crippen molar-refractivity contribution in [1.82, 2.24) is 9.97 Å². The maximum absolute atomic E-state index is 6.21. The minimum atomic E-state index is 0.187. The van der Waals surface area contributed by atoms with Gasteiger partial charge in [0, 0.05) is 31.1 Å². The van der Waals surface area contributed by atoms with Crippen molar-refractivity contribution in [2.75, 3.05) is 0 Å². The van der Waals surface area contributed by atoms with E-state index in [9.17, 15) is 0 Å². The van der Waals surface area contributed by atoms with E-state index in [0.29, 0.717) is 5.71 Å². The monoisotopic (exact) mass is 386 g/mol. The third kappa shape index (κ3) is 2.21. The Morgan fingerprint density at radius 2 is 1.56 bits per heavy atom. The number of hydrogen-bond acceptors (Lipinski definition) is 4. The van der Waals surface area contributed by atoms with Gasteiger partial charge < -0.3 is 4.42 Å². The zero-order valence-electron chi connectivity index (χ0n) is 13.9. The van der Waals surface area contributed by atoms with E-state index in [1.54, 1.807) is 11.3 Å². The third-order valence-electron chi connectivity index (χ3n) is 4.86. The second-order valence-corrected chi connectivity index (χ2v) is 7.85. The van der Waals surface area contributed by atoms with Gasteiger partial charge in [-0.15, -0.1) is 11.3 Å². The Morgan fingerprint density at radius 3 is 2.48 bits per heavy atom. The lowest BCUT2D eigenvalue weighted by Crippen LogP contribution is -1.89. The first-order valence-electron chi connectivity index (χ1n) is 8.54. The van der Waals surface area contributed by atoms with Gasteiger partial charge in [-0.05, 0) is 35.9 Å². The molecule has 0 amide bonds. The Balaban J connectivity index is 1.73. The molecule has 3 aromatic carbocycles. The number of furan rings is 1. The molecule has 0 spiro atoms. The first-order chi connectivity index (χ1) is 13.3. The number of benzene rings is 3. The molecule has 0 saturated carbocycles. The van der Waals surface area contributed by atoms with Crippen molar-refractivity contribution in [2.45, 2.75) is 0 Å². The Kier molecular flexibility index (Phi) is 3.10. The van der Waals surface area contributed by atoms with E-state index in [-0.39, 0.29) is 5.28 Å². The topological polar surface area (TPSA) is 38.9 Å². The van der Waals surface area contributed by atoms with Gasteiger partial charge in [-0.2, -0.15) is 4.98 Å². The number of thiophene rings is 1. The van der Waals surface area contributed by atoms with Gasteiger partial charge in [0.05, 0.1) is 11.1 Å². The lowest BCUT2D eigenvalue weighted by molar-refractivity contribution is 0.653. The van der Waals surface area contributed by atoms with Crippen LogP contribution in [-0.2, 0) is 0 Å². The zero-order valence-corrected chi connectivity index (χ0v) is 15.5. The van der Waals surface area contributed by atoms with Crippen LogP contribution in [0.5, 0.6) is 0 Å². The van der Waals surface area contributed by atoms with E-state index in [1.165, 1.54) is 20.2 Å². The summed E-state index contributed by atoms with van der Waals surface area (Å²) in [7, 11) is 0. The molecule has 0 bridgehead atoms. The van der Waals surface area contributed by atoms with Crippen LogP contribution in [0.25, 0.3) is 53.5 Å². The molecule has 0 fully saturated rings. The van der Waals surface area contributed by atoms with Crippen LogP contribution in [0.1, 0.15) is 0 Å². The molecule has 5 heteroatoms. The number of aromatic nitrogens is 2. The minimum Gasteiger partial charge on any atom is -0.438 e. The van der Waals surface area contributed by atoms with Gasteiger partial charge in [0.2, 0.25) is 11.0 Å². The van der Waals surface area contributed by atoms with Crippen LogP contribution in [-0.4, -0.2) is 9.97 Å². The van der Waals surface area contributed by atoms with E-state index in [1.807, 2.05) is 24.3 Å². The maximum atomic E-state index is 6.21. The zero-order chi connectivity index (χ0) is 18.0. The van der Waals surface area contributed by atoms with Crippen molar-refractivity contribution in [1.29, 1.82) is 0 Å². The number of para-hydroxylation sites is 1. The molecule has 0 unspecified atom stereocenters. The summed E-state index contributed by atoms with van der Waals surface area (Å²) in [6.07, 6.45) is 0. The molecule has 27 heavy (non-hydrogen) atoms. The molecular weight excluding hydrogens is 376 g/mol.